The van der Waals surface area contributed by atoms with Gasteiger partial charge in [0, 0.05) is 24.6 Å². The number of ether oxygens (including phenoxy) is 4. The topological polar surface area (TPSA) is 84.2 Å². The van der Waals surface area contributed by atoms with Crippen LogP contribution in [0.3, 0.4) is 0 Å². The molecule has 140 valence electrons. The number of esters is 1. The molecule has 2 aromatic carbocycles. The van der Waals surface area contributed by atoms with Crippen LogP contribution in [0.1, 0.15) is 6.92 Å². The molecule has 7 nitrogen and oxygen atoms in total. The Morgan fingerprint density at radius 1 is 0.926 bits per heavy atom. The highest BCUT2D eigenvalue weighted by Gasteiger charge is 2.20. The zero-order valence-corrected chi connectivity index (χ0v) is 15.3. The number of carbonyl (C=O) groups excluding carboxylic acids is 1. The highest BCUT2D eigenvalue weighted by atomic mass is 16.5. The predicted octanol–water partition coefficient (Wildman–Crippen LogP) is 3.41. The maximum Gasteiger partial charge on any atom is 0.308 e. The minimum atomic E-state index is -0.420. The van der Waals surface area contributed by atoms with Crippen molar-refractivity contribution in [3.05, 3.63) is 46.6 Å². The summed E-state index contributed by atoms with van der Waals surface area (Å²) in [6.45, 7) is 1.32. The lowest BCUT2D eigenvalue weighted by Crippen LogP contribution is -2.09. The van der Waals surface area contributed by atoms with Crippen molar-refractivity contribution in [3.63, 3.8) is 0 Å². The summed E-state index contributed by atoms with van der Waals surface area (Å²) in [7, 11) is 4.36. The Labute approximate surface area is 155 Å². The van der Waals surface area contributed by atoms with Gasteiger partial charge in [-0.3, -0.25) is 9.59 Å². The average Bonchev–Trinajstić information content (AvgIpc) is 2.66. The summed E-state index contributed by atoms with van der Waals surface area (Å²) in [6.07, 6.45) is 0. The minimum absolute atomic E-state index is 0.0474. The van der Waals surface area contributed by atoms with Crippen LogP contribution in [-0.4, -0.2) is 27.3 Å². The van der Waals surface area contributed by atoms with E-state index in [0.29, 0.717) is 28.4 Å². The van der Waals surface area contributed by atoms with Gasteiger partial charge in [-0.15, -0.1) is 0 Å². The van der Waals surface area contributed by atoms with E-state index in [9.17, 15) is 9.59 Å². The summed E-state index contributed by atoms with van der Waals surface area (Å²) < 4.78 is 26.8. The highest BCUT2D eigenvalue weighted by molar-refractivity contribution is 5.88. The second-order valence-electron chi connectivity index (χ2n) is 5.61. The summed E-state index contributed by atoms with van der Waals surface area (Å²) in [6, 6.07) is 9.76. The number of hydrogen-bond donors (Lipinski definition) is 0. The van der Waals surface area contributed by atoms with Crippen LogP contribution in [0.4, 0.5) is 0 Å². The van der Waals surface area contributed by atoms with Crippen LogP contribution in [0.5, 0.6) is 23.0 Å². The number of hydrogen-bond acceptors (Lipinski definition) is 7. The Balaban J connectivity index is 2.23. The molecule has 1 heterocycles. The first-order valence-corrected chi connectivity index (χ1v) is 8.04. The maximum atomic E-state index is 13.0. The van der Waals surface area contributed by atoms with Crippen LogP contribution in [0.15, 0.2) is 45.6 Å². The third kappa shape index (κ3) is 3.44. The molecule has 1 aromatic heterocycles. The molecule has 0 aliphatic heterocycles. The molecule has 0 atom stereocenters. The quantitative estimate of drug-likeness (QED) is 0.503. The van der Waals surface area contributed by atoms with Gasteiger partial charge >= 0.3 is 5.97 Å². The predicted molar refractivity (Wildman–Crippen MR) is 98.9 cm³/mol. The molecule has 0 spiro atoms. The van der Waals surface area contributed by atoms with Gasteiger partial charge in [-0.25, -0.2) is 0 Å². The van der Waals surface area contributed by atoms with Gasteiger partial charge in [0.1, 0.15) is 28.2 Å². The highest BCUT2D eigenvalue weighted by Crippen LogP contribution is 2.36. The SMILES string of the molecule is COc1cc(OC)c2c(=O)c(OC)c(-c3ccc(OC(C)=O)cc3)oc2c1. The van der Waals surface area contributed by atoms with Crippen LogP contribution in [0, 0.1) is 0 Å². The van der Waals surface area contributed by atoms with Gasteiger partial charge in [0.2, 0.25) is 11.2 Å². The van der Waals surface area contributed by atoms with Crippen molar-refractivity contribution >= 4 is 16.9 Å². The molecule has 0 saturated heterocycles. The van der Waals surface area contributed by atoms with E-state index < -0.39 is 5.97 Å². The molecule has 0 unspecified atom stereocenters. The molecule has 0 radical (unpaired) electrons. The molecular formula is C20H18O7. The number of methoxy groups -OCH3 is 3. The fourth-order valence-corrected chi connectivity index (χ4v) is 2.74. The number of carbonyl (C=O) groups is 1. The van der Waals surface area contributed by atoms with Crippen molar-refractivity contribution in [1.29, 1.82) is 0 Å². The Kier molecular flexibility index (Phi) is 5.03. The van der Waals surface area contributed by atoms with E-state index in [1.54, 1.807) is 36.4 Å². The molecule has 7 heteroatoms. The van der Waals surface area contributed by atoms with E-state index >= 15 is 0 Å². The second kappa shape index (κ2) is 7.41. The molecule has 3 rings (SSSR count). The van der Waals surface area contributed by atoms with Gasteiger partial charge in [0.15, 0.2) is 5.76 Å². The standard InChI is InChI=1S/C20H18O7/c1-11(21)26-13-7-5-12(6-8-13)19-20(25-4)18(22)17-15(24-3)9-14(23-2)10-16(17)27-19/h5-10H,1-4H3. The van der Waals surface area contributed by atoms with Crippen LogP contribution in [-0.2, 0) is 4.79 Å². The van der Waals surface area contributed by atoms with Crippen LogP contribution in [0.25, 0.3) is 22.3 Å². The summed E-state index contributed by atoms with van der Waals surface area (Å²) in [5.74, 6) is 1.08. The molecule has 0 bridgehead atoms. The Morgan fingerprint density at radius 2 is 1.63 bits per heavy atom. The van der Waals surface area contributed by atoms with Gasteiger partial charge in [0.25, 0.3) is 0 Å². The maximum absolute atomic E-state index is 13.0. The monoisotopic (exact) mass is 370 g/mol. The van der Waals surface area contributed by atoms with Crippen LogP contribution in [0.2, 0.25) is 0 Å². The summed E-state index contributed by atoms with van der Waals surface area (Å²) in [5.41, 5.74) is 0.525. The summed E-state index contributed by atoms with van der Waals surface area (Å²) in [4.78, 5) is 24.0. The van der Waals surface area contributed by atoms with Crippen molar-refractivity contribution in [3.8, 4) is 34.3 Å². The third-order valence-electron chi connectivity index (χ3n) is 3.93. The first-order chi connectivity index (χ1) is 13.0. The molecule has 0 aliphatic rings. The van der Waals surface area contributed by atoms with Crippen molar-refractivity contribution in [2.45, 2.75) is 6.92 Å². The third-order valence-corrected chi connectivity index (χ3v) is 3.93. The number of fused-ring (bicyclic) bond motifs is 1. The normalized spacial score (nSPS) is 10.5. The van der Waals surface area contributed by atoms with Gasteiger partial charge in [-0.1, -0.05) is 0 Å². The van der Waals surface area contributed by atoms with Gasteiger partial charge in [-0.2, -0.15) is 0 Å². The summed E-state index contributed by atoms with van der Waals surface area (Å²) in [5, 5.41) is 0.260. The second-order valence-corrected chi connectivity index (χ2v) is 5.61. The van der Waals surface area contributed by atoms with Gasteiger partial charge < -0.3 is 23.4 Å². The fourth-order valence-electron chi connectivity index (χ4n) is 2.74. The Bertz CT molecular complexity index is 1050. The zero-order valence-electron chi connectivity index (χ0n) is 15.3. The Hall–Kier alpha value is -3.48. The first-order valence-electron chi connectivity index (χ1n) is 8.04. The largest absolute Gasteiger partial charge is 0.496 e. The van der Waals surface area contributed by atoms with Crippen molar-refractivity contribution in [2.75, 3.05) is 21.3 Å². The van der Waals surface area contributed by atoms with Crippen LogP contribution < -0.4 is 24.4 Å². The van der Waals surface area contributed by atoms with Gasteiger partial charge in [-0.05, 0) is 24.3 Å². The molecule has 27 heavy (non-hydrogen) atoms. The lowest BCUT2D eigenvalue weighted by atomic mass is 10.1. The van der Waals surface area contributed by atoms with Crippen LogP contribution >= 0.6 is 0 Å². The molecule has 0 saturated carbocycles. The zero-order chi connectivity index (χ0) is 19.6. The minimum Gasteiger partial charge on any atom is -0.496 e. The van der Waals surface area contributed by atoms with E-state index in [4.69, 9.17) is 23.4 Å². The van der Waals surface area contributed by atoms with Gasteiger partial charge in [0.05, 0.1) is 21.3 Å². The Morgan fingerprint density at radius 3 is 2.19 bits per heavy atom. The lowest BCUT2D eigenvalue weighted by Gasteiger charge is -2.12. The molecule has 0 fully saturated rings. The molecule has 0 N–H and O–H groups in total. The van der Waals surface area contributed by atoms with Crippen molar-refractivity contribution in [1.82, 2.24) is 0 Å². The first kappa shape index (κ1) is 18.3. The van der Waals surface area contributed by atoms with Crippen molar-refractivity contribution < 1.29 is 28.2 Å². The summed E-state index contributed by atoms with van der Waals surface area (Å²) >= 11 is 0. The molecular weight excluding hydrogens is 352 g/mol. The smallest absolute Gasteiger partial charge is 0.308 e. The fraction of sp³-hybridized carbons (Fsp3) is 0.200. The van der Waals surface area contributed by atoms with E-state index in [1.165, 1.54) is 28.3 Å². The van der Waals surface area contributed by atoms with E-state index in [0.717, 1.165) is 0 Å². The molecule has 3 aromatic rings. The number of benzene rings is 2. The van der Waals surface area contributed by atoms with E-state index in [-0.39, 0.29) is 22.3 Å². The van der Waals surface area contributed by atoms with E-state index in [1.807, 2.05) is 0 Å². The average molecular weight is 370 g/mol. The number of rotatable bonds is 5. The lowest BCUT2D eigenvalue weighted by molar-refractivity contribution is -0.131. The molecule has 0 amide bonds. The van der Waals surface area contributed by atoms with E-state index in [2.05, 4.69) is 0 Å². The van der Waals surface area contributed by atoms with Crippen molar-refractivity contribution in [2.24, 2.45) is 0 Å². The molecule has 0 aliphatic carbocycles.